The molecule has 4 rings (SSSR count). The van der Waals surface area contributed by atoms with Crippen LogP contribution in [0.4, 0.5) is 0 Å². The van der Waals surface area contributed by atoms with Crippen molar-refractivity contribution in [3.05, 3.63) is 59.5 Å². The van der Waals surface area contributed by atoms with Crippen molar-refractivity contribution in [2.75, 3.05) is 0 Å². The summed E-state index contributed by atoms with van der Waals surface area (Å²) in [6.45, 7) is 0.900. The molecule has 1 N–H and O–H groups in total. The average molecular weight is 264 g/mol. The van der Waals surface area contributed by atoms with Crippen molar-refractivity contribution < 1.29 is 0 Å². The second-order valence-corrected chi connectivity index (χ2v) is 5.28. The van der Waals surface area contributed by atoms with E-state index in [4.69, 9.17) is 4.98 Å². The van der Waals surface area contributed by atoms with Gasteiger partial charge in [-0.15, -0.1) is 0 Å². The van der Waals surface area contributed by atoms with Gasteiger partial charge in [-0.1, -0.05) is 24.3 Å². The van der Waals surface area contributed by atoms with Crippen LogP contribution in [0.1, 0.15) is 23.0 Å². The molecule has 0 amide bonds. The van der Waals surface area contributed by atoms with E-state index in [0.717, 1.165) is 30.0 Å². The molecule has 0 bridgehead atoms. The first-order valence-corrected chi connectivity index (χ1v) is 6.90. The molecule has 0 radical (unpaired) electrons. The summed E-state index contributed by atoms with van der Waals surface area (Å²) >= 11 is 0. The average Bonchev–Trinajstić information content (AvgIpc) is 2.84. The summed E-state index contributed by atoms with van der Waals surface area (Å²) in [5, 5.41) is 3.58. The Balaban J connectivity index is 1.76. The highest BCUT2D eigenvalue weighted by molar-refractivity contribution is 5.71. The Morgan fingerprint density at radius 3 is 2.85 bits per heavy atom. The highest BCUT2D eigenvalue weighted by atomic mass is 15.1. The Morgan fingerprint density at radius 1 is 1.15 bits per heavy atom. The third kappa shape index (κ3) is 1.72. The number of rotatable bonds is 1. The molecule has 100 valence electrons. The SMILES string of the molecule is Cn1c(C2Cc3ccccc3CN2)nc2cccnc21. The Labute approximate surface area is 117 Å². The van der Waals surface area contributed by atoms with E-state index in [1.54, 1.807) is 0 Å². The maximum Gasteiger partial charge on any atom is 0.159 e. The molecule has 4 heteroatoms. The van der Waals surface area contributed by atoms with Crippen LogP contribution in [-0.4, -0.2) is 14.5 Å². The maximum atomic E-state index is 4.75. The van der Waals surface area contributed by atoms with E-state index in [9.17, 15) is 0 Å². The first-order valence-electron chi connectivity index (χ1n) is 6.90. The zero-order valence-electron chi connectivity index (χ0n) is 11.4. The molecule has 1 atom stereocenters. The molecule has 0 spiro atoms. The van der Waals surface area contributed by atoms with E-state index >= 15 is 0 Å². The van der Waals surface area contributed by atoms with Crippen molar-refractivity contribution in [3.8, 4) is 0 Å². The molecular formula is C16H16N4. The molecular weight excluding hydrogens is 248 g/mol. The highest BCUT2D eigenvalue weighted by Gasteiger charge is 2.23. The maximum absolute atomic E-state index is 4.75. The predicted molar refractivity (Wildman–Crippen MR) is 78.2 cm³/mol. The molecule has 3 heterocycles. The van der Waals surface area contributed by atoms with Crippen molar-refractivity contribution in [3.63, 3.8) is 0 Å². The molecule has 20 heavy (non-hydrogen) atoms. The molecule has 0 saturated carbocycles. The normalized spacial score (nSPS) is 18.1. The van der Waals surface area contributed by atoms with Gasteiger partial charge in [0.05, 0.1) is 6.04 Å². The van der Waals surface area contributed by atoms with Gasteiger partial charge in [-0.25, -0.2) is 9.97 Å². The van der Waals surface area contributed by atoms with Crippen LogP contribution in [0, 0.1) is 0 Å². The largest absolute Gasteiger partial charge is 0.315 e. The van der Waals surface area contributed by atoms with Gasteiger partial charge in [-0.2, -0.15) is 0 Å². The number of benzene rings is 1. The minimum Gasteiger partial charge on any atom is -0.315 e. The topological polar surface area (TPSA) is 42.7 Å². The summed E-state index contributed by atoms with van der Waals surface area (Å²) in [6, 6.07) is 12.8. The fourth-order valence-corrected chi connectivity index (χ4v) is 2.99. The van der Waals surface area contributed by atoms with Gasteiger partial charge in [-0.05, 0) is 29.7 Å². The van der Waals surface area contributed by atoms with Gasteiger partial charge in [0.15, 0.2) is 5.65 Å². The van der Waals surface area contributed by atoms with E-state index in [1.807, 2.05) is 25.4 Å². The van der Waals surface area contributed by atoms with Gasteiger partial charge in [0.1, 0.15) is 11.3 Å². The number of imidazole rings is 1. The van der Waals surface area contributed by atoms with Gasteiger partial charge in [-0.3, -0.25) is 0 Å². The lowest BCUT2D eigenvalue weighted by atomic mass is 9.95. The van der Waals surface area contributed by atoms with Crippen molar-refractivity contribution in [1.29, 1.82) is 0 Å². The van der Waals surface area contributed by atoms with E-state index in [1.165, 1.54) is 11.1 Å². The summed E-state index contributed by atoms with van der Waals surface area (Å²) in [5.74, 6) is 1.06. The molecule has 0 aliphatic carbocycles. The van der Waals surface area contributed by atoms with E-state index in [2.05, 4.69) is 39.1 Å². The minimum atomic E-state index is 0.254. The second kappa shape index (κ2) is 4.42. The van der Waals surface area contributed by atoms with Crippen LogP contribution in [-0.2, 0) is 20.0 Å². The molecule has 1 aromatic carbocycles. The summed E-state index contributed by atoms with van der Waals surface area (Å²) in [6.07, 6.45) is 2.80. The standard InChI is InChI=1S/C16H16N4/c1-20-15-13(7-4-8-17-15)19-16(20)14-9-11-5-2-3-6-12(11)10-18-14/h2-8,14,18H,9-10H2,1H3. The van der Waals surface area contributed by atoms with Gasteiger partial charge in [0.25, 0.3) is 0 Å². The van der Waals surface area contributed by atoms with Crippen LogP contribution in [0.5, 0.6) is 0 Å². The van der Waals surface area contributed by atoms with E-state index < -0.39 is 0 Å². The molecule has 0 saturated heterocycles. The molecule has 1 aliphatic rings. The van der Waals surface area contributed by atoms with Crippen LogP contribution >= 0.6 is 0 Å². The van der Waals surface area contributed by atoms with Gasteiger partial charge in [0, 0.05) is 19.8 Å². The first-order chi connectivity index (χ1) is 9.83. The summed E-state index contributed by atoms with van der Waals surface area (Å²) < 4.78 is 2.10. The lowest BCUT2D eigenvalue weighted by Gasteiger charge is -2.25. The molecule has 2 aromatic heterocycles. The second-order valence-electron chi connectivity index (χ2n) is 5.28. The Morgan fingerprint density at radius 2 is 2.00 bits per heavy atom. The number of hydrogen-bond acceptors (Lipinski definition) is 3. The molecule has 4 nitrogen and oxygen atoms in total. The van der Waals surface area contributed by atoms with Crippen LogP contribution in [0.25, 0.3) is 11.2 Å². The van der Waals surface area contributed by atoms with Crippen LogP contribution in [0.15, 0.2) is 42.6 Å². The highest BCUT2D eigenvalue weighted by Crippen LogP contribution is 2.26. The van der Waals surface area contributed by atoms with Crippen molar-refractivity contribution >= 4 is 11.2 Å². The number of nitrogens with zero attached hydrogens (tertiary/aromatic N) is 3. The van der Waals surface area contributed by atoms with Crippen LogP contribution in [0.2, 0.25) is 0 Å². The third-order valence-corrected chi connectivity index (χ3v) is 4.06. The summed E-state index contributed by atoms with van der Waals surface area (Å²) in [7, 11) is 2.04. The number of aromatic nitrogens is 3. The fourth-order valence-electron chi connectivity index (χ4n) is 2.99. The number of aryl methyl sites for hydroxylation is 1. The summed E-state index contributed by atoms with van der Waals surface area (Å²) in [4.78, 5) is 9.16. The predicted octanol–water partition coefficient (Wildman–Crippen LogP) is 2.36. The molecule has 3 aromatic rings. The zero-order valence-corrected chi connectivity index (χ0v) is 11.4. The van der Waals surface area contributed by atoms with E-state index in [0.29, 0.717) is 0 Å². The van der Waals surface area contributed by atoms with Crippen molar-refractivity contribution in [2.45, 2.75) is 19.0 Å². The van der Waals surface area contributed by atoms with Crippen LogP contribution in [0.3, 0.4) is 0 Å². The number of fused-ring (bicyclic) bond motifs is 2. The third-order valence-electron chi connectivity index (χ3n) is 4.06. The van der Waals surface area contributed by atoms with Crippen LogP contribution < -0.4 is 5.32 Å². The smallest absolute Gasteiger partial charge is 0.159 e. The lowest BCUT2D eigenvalue weighted by Crippen LogP contribution is -2.30. The van der Waals surface area contributed by atoms with Crippen molar-refractivity contribution in [1.82, 2.24) is 19.9 Å². The number of pyridine rings is 1. The zero-order chi connectivity index (χ0) is 13.5. The van der Waals surface area contributed by atoms with Gasteiger partial charge in [0.2, 0.25) is 0 Å². The molecule has 1 unspecified atom stereocenters. The number of hydrogen-bond donors (Lipinski definition) is 1. The fraction of sp³-hybridized carbons (Fsp3) is 0.250. The monoisotopic (exact) mass is 264 g/mol. The molecule has 0 fully saturated rings. The van der Waals surface area contributed by atoms with E-state index in [-0.39, 0.29) is 6.04 Å². The van der Waals surface area contributed by atoms with Crippen molar-refractivity contribution in [2.24, 2.45) is 7.05 Å². The Bertz CT molecular complexity index is 775. The van der Waals surface area contributed by atoms with Gasteiger partial charge < -0.3 is 9.88 Å². The molecule has 1 aliphatic heterocycles. The number of nitrogens with one attached hydrogen (secondary N) is 1. The minimum absolute atomic E-state index is 0.254. The lowest BCUT2D eigenvalue weighted by molar-refractivity contribution is 0.467. The van der Waals surface area contributed by atoms with Gasteiger partial charge >= 0.3 is 0 Å². The quantitative estimate of drug-likeness (QED) is 0.733. The Kier molecular flexibility index (Phi) is 2.57. The summed E-state index contributed by atoms with van der Waals surface area (Å²) in [5.41, 5.74) is 4.71. The first kappa shape index (κ1) is 11.6. The Hall–Kier alpha value is -2.20.